The molecule has 2 heterocycles. The number of fused-ring (bicyclic) bond motifs is 3. The topological polar surface area (TPSA) is 101 Å². The van der Waals surface area contributed by atoms with Crippen LogP contribution < -0.4 is 4.74 Å². The number of phenolic OH excluding ortho intramolecular Hbond substituents is 1. The van der Waals surface area contributed by atoms with E-state index in [4.69, 9.17) is 0 Å². The van der Waals surface area contributed by atoms with E-state index in [2.05, 4.69) is 20.7 Å². The SMILES string of the molecule is O=C1C=C(Br)C(=O)C2=C1C(c1cc(OC(F)(F)F)ccc1O)C1=CCC3C(=O)N(Cc4cccs4)C(=O)C3C1C2. The summed E-state index contributed by atoms with van der Waals surface area (Å²) < 4.78 is 43.1. The Morgan fingerprint density at radius 2 is 1.88 bits per heavy atom. The molecule has 0 saturated carbocycles. The third kappa shape index (κ3) is 4.33. The van der Waals surface area contributed by atoms with Gasteiger partial charge in [0.15, 0.2) is 11.6 Å². The van der Waals surface area contributed by atoms with E-state index in [0.29, 0.717) is 5.57 Å². The molecule has 2 amide bonds. The summed E-state index contributed by atoms with van der Waals surface area (Å²) in [6.45, 7) is 0.116. The maximum absolute atomic E-state index is 13.7. The molecule has 0 bridgehead atoms. The lowest BCUT2D eigenvalue weighted by Gasteiger charge is -2.42. The van der Waals surface area contributed by atoms with Crippen molar-refractivity contribution in [3.05, 3.63) is 79.5 Å². The van der Waals surface area contributed by atoms with Crippen LogP contribution in [0, 0.1) is 17.8 Å². The number of amides is 2. The van der Waals surface area contributed by atoms with Gasteiger partial charge in [-0.3, -0.25) is 24.1 Å². The Balaban J connectivity index is 1.47. The first-order chi connectivity index (χ1) is 18.9. The minimum Gasteiger partial charge on any atom is -0.508 e. The minimum absolute atomic E-state index is 0.00227. The van der Waals surface area contributed by atoms with Gasteiger partial charge in [0.25, 0.3) is 0 Å². The van der Waals surface area contributed by atoms with Crippen molar-refractivity contribution in [2.24, 2.45) is 17.8 Å². The maximum atomic E-state index is 13.7. The summed E-state index contributed by atoms with van der Waals surface area (Å²) in [5.74, 6) is -6.08. The van der Waals surface area contributed by atoms with Crippen molar-refractivity contribution in [1.82, 2.24) is 4.90 Å². The van der Waals surface area contributed by atoms with Gasteiger partial charge in [0.1, 0.15) is 11.5 Å². The second kappa shape index (κ2) is 9.55. The monoisotopic (exact) mass is 633 g/mol. The van der Waals surface area contributed by atoms with Crippen LogP contribution in [0.1, 0.15) is 29.2 Å². The molecule has 1 aromatic carbocycles. The number of likely N-dealkylation sites (tertiary alicyclic amines) is 1. The van der Waals surface area contributed by atoms with Crippen molar-refractivity contribution in [3.63, 3.8) is 0 Å². The van der Waals surface area contributed by atoms with E-state index in [-0.39, 0.29) is 46.5 Å². The zero-order valence-electron chi connectivity index (χ0n) is 20.4. The first kappa shape index (κ1) is 26.7. The molecule has 12 heteroatoms. The molecular weight excluding hydrogens is 615 g/mol. The second-order valence-electron chi connectivity index (χ2n) is 10.0. The fourth-order valence-corrected chi connectivity index (χ4v) is 7.44. The Morgan fingerprint density at radius 1 is 1.10 bits per heavy atom. The number of Topliss-reactive ketones (excluding diaryl/α,β-unsaturated/α-hetero) is 1. The van der Waals surface area contributed by atoms with Crippen molar-refractivity contribution in [3.8, 4) is 11.5 Å². The molecule has 1 aliphatic heterocycles. The van der Waals surface area contributed by atoms with Gasteiger partial charge in [0.2, 0.25) is 11.8 Å². The van der Waals surface area contributed by atoms with E-state index in [1.54, 1.807) is 6.08 Å². The number of alkyl halides is 3. The third-order valence-corrected chi connectivity index (χ3v) is 9.31. The van der Waals surface area contributed by atoms with Crippen LogP contribution in [-0.4, -0.2) is 39.7 Å². The zero-order valence-corrected chi connectivity index (χ0v) is 22.8. The summed E-state index contributed by atoms with van der Waals surface area (Å²) in [4.78, 5) is 55.7. The largest absolute Gasteiger partial charge is 0.573 e. The van der Waals surface area contributed by atoms with Crippen LogP contribution in [0.3, 0.4) is 0 Å². The number of aromatic hydroxyl groups is 1. The van der Waals surface area contributed by atoms with Crippen molar-refractivity contribution in [2.45, 2.75) is 31.7 Å². The number of imide groups is 1. The zero-order chi connectivity index (χ0) is 28.5. The number of rotatable bonds is 4. The fraction of sp³-hybridized carbons (Fsp3) is 0.286. The molecule has 0 spiro atoms. The number of carbonyl (C=O) groups excluding carboxylic acids is 4. The molecular formula is C28H19BrF3NO6S. The Hall–Kier alpha value is -3.51. The summed E-state index contributed by atoms with van der Waals surface area (Å²) in [5, 5.41) is 12.6. The molecule has 6 rings (SSSR count). The van der Waals surface area contributed by atoms with Crippen molar-refractivity contribution < 1.29 is 42.2 Å². The Labute approximate surface area is 237 Å². The van der Waals surface area contributed by atoms with Crippen LogP contribution in [0.2, 0.25) is 0 Å². The predicted octanol–water partition coefficient (Wildman–Crippen LogP) is 5.31. The molecule has 4 atom stereocenters. The van der Waals surface area contributed by atoms with E-state index in [1.807, 2.05) is 17.5 Å². The highest BCUT2D eigenvalue weighted by atomic mass is 79.9. The highest BCUT2D eigenvalue weighted by Crippen LogP contribution is 2.56. The highest BCUT2D eigenvalue weighted by Gasteiger charge is 2.56. The van der Waals surface area contributed by atoms with Crippen molar-refractivity contribution in [1.29, 1.82) is 0 Å². The first-order valence-electron chi connectivity index (χ1n) is 12.3. The number of ketones is 2. The number of halogens is 4. The summed E-state index contributed by atoms with van der Waals surface area (Å²) in [5.41, 5.74) is 0.570. The van der Waals surface area contributed by atoms with Crippen LogP contribution in [-0.2, 0) is 25.7 Å². The standard InChI is InChI=1S/C28H19BrF3NO6S/c29-19-10-21(35)24-18(25(19)36)9-16-14(22(24)17-8-12(3-6-20(17)34)39-28(30,31)32)4-5-15-23(16)27(38)33(26(15)37)11-13-2-1-7-40-13/h1-4,6-8,10,15-16,22-23,34H,5,9,11H2. The number of benzene rings is 1. The summed E-state index contributed by atoms with van der Waals surface area (Å²) in [7, 11) is 0. The average Bonchev–Trinajstić information content (AvgIpc) is 3.49. The number of phenols is 1. The molecule has 206 valence electrons. The Morgan fingerprint density at radius 3 is 2.58 bits per heavy atom. The first-order valence-corrected chi connectivity index (χ1v) is 14.0. The van der Waals surface area contributed by atoms with Crippen LogP contribution in [0.4, 0.5) is 13.2 Å². The molecule has 1 saturated heterocycles. The van der Waals surface area contributed by atoms with Crippen molar-refractivity contribution >= 4 is 50.6 Å². The molecule has 1 fully saturated rings. The van der Waals surface area contributed by atoms with Gasteiger partial charge in [-0.15, -0.1) is 24.5 Å². The van der Waals surface area contributed by atoms with Gasteiger partial charge in [0.05, 0.1) is 22.9 Å². The lowest BCUT2D eigenvalue weighted by atomic mass is 9.59. The third-order valence-electron chi connectivity index (χ3n) is 7.86. The molecule has 0 radical (unpaired) electrons. The van der Waals surface area contributed by atoms with Gasteiger partial charge in [-0.25, -0.2) is 0 Å². The predicted molar refractivity (Wildman–Crippen MR) is 139 cm³/mol. The number of nitrogens with zero attached hydrogens (tertiary/aromatic N) is 1. The number of carbonyl (C=O) groups is 4. The lowest BCUT2D eigenvalue weighted by Crippen LogP contribution is -2.39. The second-order valence-corrected chi connectivity index (χ2v) is 11.9. The molecule has 1 N–H and O–H groups in total. The van der Waals surface area contributed by atoms with E-state index in [0.717, 1.165) is 29.2 Å². The molecule has 4 unspecified atom stereocenters. The minimum atomic E-state index is -5.00. The van der Waals surface area contributed by atoms with Crippen molar-refractivity contribution in [2.75, 3.05) is 0 Å². The highest BCUT2D eigenvalue weighted by molar-refractivity contribution is 9.12. The Kier molecular flexibility index (Phi) is 6.37. The van der Waals surface area contributed by atoms with Gasteiger partial charge in [-0.05, 0) is 64.3 Å². The van der Waals surface area contributed by atoms with Crippen LogP contribution in [0.25, 0.3) is 0 Å². The van der Waals surface area contributed by atoms with Gasteiger partial charge in [0, 0.05) is 33.6 Å². The van der Waals surface area contributed by atoms with Gasteiger partial charge < -0.3 is 9.84 Å². The lowest BCUT2D eigenvalue weighted by molar-refractivity contribution is -0.274. The summed E-state index contributed by atoms with van der Waals surface area (Å²) in [6, 6.07) is 6.60. The molecule has 1 aromatic heterocycles. The van der Waals surface area contributed by atoms with Crippen LogP contribution in [0.15, 0.2) is 69.1 Å². The molecule has 2 aromatic rings. The average molecular weight is 634 g/mol. The number of allylic oxidation sites excluding steroid dienone is 6. The smallest absolute Gasteiger partial charge is 0.508 e. The molecule has 4 aliphatic rings. The van der Waals surface area contributed by atoms with E-state index in [9.17, 15) is 37.5 Å². The maximum Gasteiger partial charge on any atom is 0.573 e. The number of hydrogen-bond donors (Lipinski definition) is 1. The van der Waals surface area contributed by atoms with Gasteiger partial charge >= 0.3 is 6.36 Å². The van der Waals surface area contributed by atoms with Crippen LogP contribution in [0.5, 0.6) is 11.5 Å². The van der Waals surface area contributed by atoms with Gasteiger partial charge in [-0.2, -0.15) is 0 Å². The Bertz CT molecular complexity index is 1570. The number of thiophene rings is 1. The molecule has 7 nitrogen and oxygen atoms in total. The number of hydrogen-bond acceptors (Lipinski definition) is 7. The summed E-state index contributed by atoms with van der Waals surface area (Å²) in [6.07, 6.45) is -2.01. The molecule has 3 aliphatic carbocycles. The van der Waals surface area contributed by atoms with Gasteiger partial charge in [-0.1, -0.05) is 17.7 Å². The van der Waals surface area contributed by atoms with Crippen LogP contribution >= 0.6 is 27.3 Å². The summed E-state index contributed by atoms with van der Waals surface area (Å²) >= 11 is 4.53. The quantitative estimate of drug-likeness (QED) is 0.278. The van der Waals surface area contributed by atoms with E-state index < -0.39 is 59.0 Å². The fourth-order valence-electron chi connectivity index (χ4n) is 6.30. The van der Waals surface area contributed by atoms with E-state index in [1.165, 1.54) is 16.2 Å². The number of ether oxygens (including phenoxy) is 1. The molecule has 40 heavy (non-hydrogen) atoms. The van der Waals surface area contributed by atoms with E-state index >= 15 is 0 Å². The normalized spacial score (nSPS) is 26.4.